The van der Waals surface area contributed by atoms with Crippen molar-refractivity contribution in [1.82, 2.24) is 14.8 Å². The Kier molecular flexibility index (Phi) is 6.75. The minimum Gasteiger partial charge on any atom is -0.490 e. The van der Waals surface area contributed by atoms with E-state index in [1.165, 1.54) is 10.9 Å². The normalized spacial score (nSPS) is 26.3. The molecular weight excluding hydrogens is 451 g/mol. The second kappa shape index (κ2) is 9.66. The number of hydrogen-bond donors (Lipinski definition) is 1. The first-order valence-electron chi connectivity index (χ1n) is 12.8. The molecule has 4 nitrogen and oxygen atoms in total. The van der Waals surface area contributed by atoms with Gasteiger partial charge in [-0.3, -0.25) is 14.2 Å². The number of benzene rings is 1. The average Bonchev–Trinajstić information content (AvgIpc) is 3.14. The fraction of sp³-hybridized carbons (Fsp3) is 0.571. The van der Waals surface area contributed by atoms with Gasteiger partial charge in [-0.1, -0.05) is 18.2 Å². The monoisotopic (exact) mass is 487 g/mol. The second-order valence-electron chi connectivity index (χ2n) is 11.1. The summed E-state index contributed by atoms with van der Waals surface area (Å²) in [4.78, 5) is 7.92. The van der Waals surface area contributed by atoms with Crippen LogP contribution in [0.4, 0.5) is 13.2 Å². The van der Waals surface area contributed by atoms with E-state index >= 15 is 4.39 Å². The predicted octanol–water partition coefficient (Wildman–Crippen LogP) is 5.88. The van der Waals surface area contributed by atoms with Crippen molar-refractivity contribution >= 4 is 10.9 Å². The summed E-state index contributed by atoms with van der Waals surface area (Å²) >= 11 is 0. The average molecular weight is 488 g/mol. The third-order valence-corrected chi connectivity index (χ3v) is 7.62. The molecule has 2 aliphatic heterocycles. The van der Waals surface area contributed by atoms with Gasteiger partial charge in [0, 0.05) is 60.7 Å². The Morgan fingerprint density at radius 1 is 1.20 bits per heavy atom. The number of para-hydroxylation sites is 1. The van der Waals surface area contributed by atoms with Crippen LogP contribution >= 0.6 is 0 Å². The molecule has 1 fully saturated rings. The van der Waals surface area contributed by atoms with Crippen LogP contribution in [0, 0.1) is 11.8 Å². The number of alkyl halides is 2. The summed E-state index contributed by atoms with van der Waals surface area (Å²) in [7, 11) is 0. The maximum absolute atomic E-state index is 15.2. The summed E-state index contributed by atoms with van der Waals surface area (Å²) < 4.78 is 48.5. The van der Waals surface area contributed by atoms with E-state index in [1.807, 2.05) is 18.2 Å². The molecule has 2 aromatic rings. The fourth-order valence-corrected chi connectivity index (χ4v) is 5.96. The predicted molar refractivity (Wildman–Crippen MR) is 133 cm³/mol. The first kappa shape index (κ1) is 24.4. The summed E-state index contributed by atoms with van der Waals surface area (Å²) in [5, 5.41) is 1.19. The van der Waals surface area contributed by atoms with Crippen LogP contribution in [-0.4, -0.2) is 66.0 Å². The van der Waals surface area contributed by atoms with Crippen LogP contribution in [0.25, 0.3) is 10.9 Å². The highest BCUT2D eigenvalue weighted by atomic mass is 19.1. The maximum atomic E-state index is 15.2. The highest BCUT2D eigenvalue weighted by Crippen LogP contribution is 2.45. The minimum atomic E-state index is -1.37. The lowest BCUT2D eigenvalue weighted by Crippen LogP contribution is -2.49. The van der Waals surface area contributed by atoms with Crippen molar-refractivity contribution in [1.29, 1.82) is 0 Å². The number of nitrogens with zero attached hydrogens (tertiary/aromatic N) is 2. The smallest absolute Gasteiger partial charge is 0.161 e. The molecular formula is C28H36F3N3O. The Morgan fingerprint density at radius 2 is 1.97 bits per heavy atom. The maximum Gasteiger partial charge on any atom is 0.161 e. The molecule has 0 bridgehead atoms. The standard InChI is InChI=1S/C28H36F3N3O/c1-18-12-22-21-6-4-5-7-24(21)32-26(22)27(34(18)17-28(2,3)31)20-8-9-25(23(30)13-20)35-11-10-33-15-19(14-29)16-33/h4-7,9,13,18-20,27,32H,8,10-12,14-17H2,1-3H3/t18-,20?,27?/m1/s1. The van der Waals surface area contributed by atoms with Crippen LogP contribution in [0.3, 0.4) is 0 Å². The minimum absolute atomic E-state index is 0.129. The molecule has 1 aliphatic carbocycles. The highest BCUT2D eigenvalue weighted by Gasteiger charge is 2.41. The zero-order chi connectivity index (χ0) is 24.7. The molecule has 5 rings (SSSR count). The van der Waals surface area contributed by atoms with Crippen LogP contribution < -0.4 is 0 Å². The van der Waals surface area contributed by atoms with Gasteiger partial charge in [0.25, 0.3) is 0 Å². The molecule has 0 amide bonds. The van der Waals surface area contributed by atoms with Crippen LogP contribution in [0.15, 0.2) is 48.0 Å². The third kappa shape index (κ3) is 5.03. The van der Waals surface area contributed by atoms with E-state index in [2.05, 4.69) is 33.8 Å². The van der Waals surface area contributed by atoms with Gasteiger partial charge in [-0.2, -0.15) is 0 Å². The van der Waals surface area contributed by atoms with Gasteiger partial charge in [0.15, 0.2) is 11.6 Å². The third-order valence-electron chi connectivity index (χ3n) is 7.62. The highest BCUT2D eigenvalue weighted by molar-refractivity contribution is 5.85. The molecule has 1 N–H and O–H groups in total. The molecule has 3 atom stereocenters. The first-order chi connectivity index (χ1) is 16.7. The summed E-state index contributed by atoms with van der Waals surface area (Å²) in [5.41, 5.74) is 2.03. The van der Waals surface area contributed by atoms with E-state index in [0.717, 1.165) is 30.7 Å². The summed E-state index contributed by atoms with van der Waals surface area (Å²) in [6.45, 7) is 7.88. The van der Waals surface area contributed by atoms with E-state index in [9.17, 15) is 8.78 Å². The lowest BCUT2D eigenvalue weighted by Gasteiger charge is -2.45. The molecule has 35 heavy (non-hydrogen) atoms. The van der Waals surface area contributed by atoms with E-state index in [0.29, 0.717) is 19.6 Å². The van der Waals surface area contributed by atoms with Gasteiger partial charge < -0.3 is 9.72 Å². The lowest BCUT2D eigenvalue weighted by molar-refractivity contribution is 0.0346. The zero-order valence-electron chi connectivity index (χ0n) is 20.9. The van der Waals surface area contributed by atoms with Gasteiger partial charge in [-0.25, -0.2) is 8.78 Å². The first-order valence-corrected chi connectivity index (χ1v) is 12.8. The zero-order valence-corrected chi connectivity index (χ0v) is 20.9. The molecule has 3 heterocycles. The van der Waals surface area contributed by atoms with E-state index in [4.69, 9.17) is 4.74 Å². The molecule has 0 saturated carbocycles. The van der Waals surface area contributed by atoms with Crippen molar-refractivity contribution in [2.24, 2.45) is 11.8 Å². The van der Waals surface area contributed by atoms with Gasteiger partial charge in [0.1, 0.15) is 12.3 Å². The Hall–Kier alpha value is -2.25. The Balaban J connectivity index is 1.36. The molecule has 0 radical (unpaired) electrons. The number of fused-ring (bicyclic) bond motifs is 3. The SMILES string of the molecule is C[C@@H]1Cc2c([nH]c3ccccc23)C(C2C=C(F)C(OCCN3CC(CF)C3)=CC2)N1CC(C)(C)F. The number of hydrogen-bond acceptors (Lipinski definition) is 3. The molecule has 0 spiro atoms. The number of rotatable bonds is 8. The van der Waals surface area contributed by atoms with Gasteiger partial charge >= 0.3 is 0 Å². The van der Waals surface area contributed by atoms with Gasteiger partial charge in [-0.05, 0) is 57.4 Å². The second-order valence-corrected chi connectivity index (χ2v) is 11.1. The van der Waals surface area contributed by atoms with Crippen LogP contribution in [0.1, 0.15) is 44.5 Å². The van der Waals surface area contributed by atoms with Gasteiger partial charge in [-0.15, -0.1) is 0 Å². The molecule has 7 heteroatoms. The summed E-state index contributed by atoms with van der Waals surface area (Å²) in [6, 6.07) is 8.21. The van der Waals surface area contributed by atoms with Crippen molar-refractivity contribution in [3.63, 3.8) is 0 Å². The number of halogens is 3. The van der Waals surface area contributed by atoms with Crippen molar-refractivity contribution in [3.05, 3.63) is 59.3 Å². The molecule has 2 unspecified atom stereocenters. The van der Waals surface area contributed by atoms with Crippen LogP contribution in [0.2, 0.25) is 0 Å². The number of ether oxygens (including phenoxy) is 1. The Bertz CT molecular complexity index is 1110. The number of aromatic amines is 1. The number of likely N-dealkylation sites (tertiary alicyclic amines) is 1. The van der Waals surface area contributed by atoms with Crippen molar-refractivity contribution in [2.45, 2.75) is 51.4 Å². The number of H-pyrrole nitrogens is 1. The largest absolute Gasteiger partial charge is 0.490 e. The number of aromatic nitrogens is 1. The summed E-state index contributed by atoms with van der Waals surface area (Å²) in [5.74, 6) is -0.0883. The van der Waals surface area contributed by atoms with Gasteiger partial charge in [0.05, 0.1) is 12.7 Å². The molecule has 190 valence electrons. The molecule has 3 aliphatic rings. The fourth-order valence-electron chi connectivity index (χ4n) is 5.96. The van der Waals surface area contributed by atoms with E-state index in [1.54, 1.807) is 19.9 Å². The van der Waals surface area contributed by atoms with Crippen molar-refractivity contribution < 1.29 is 17.9 Å². The topological polar surface area (TPSA) is 31.5 Å². The van der Waals surface area contributed by atoms with Crippen LogP contribution in [0.5, 0.6) is 0 Å². The van der Waals surface area contributed by atoms with Crippen molar-refractivity contribution in [3.8, 4) is 0 Å². The van der Waals surface area contributed by atoms with E-state index in [-0.39, 0.29) is 48.7 Å². The summed E-state index contributed by atoms with van der Waals surface area (Å²) in [6.07, 6.45) is 4.94. The van der Waals surface area contributed by atoms with E-state index < -0.39 is 5.67 Å². The molecule has 1 saturated heterocycles. The quantitative estimate of drug-likeness (QED) is 0.505. The van der Waals surface area contributed by atoms with Gasteiger partial charge in [0.2, 0.25) is 0 Å². The molecule has 1 aromatic carbocycles. The Labute approximate surface area is 205 Å². The number of allylic oxidation sites excluding steroid dienone is 2. The lowest BCUT2D eigenvalue weighted by atomic mass is 9.81. The number of nitrogens with one attached hydrogen (secondary N) is 1. The van der Waals surface area contributed by atoms with Crippen molar-refractivity contribution in [2.75, 3.05) is 39.5 Å². The Morgan fingerprint density at radius 3 is 2.69 bits per heavy atom. The van der Waals surface area contributed by atoms with Crippen LogP contribution in [-0.2, 0) is 11.2 Å². The molecule has 1 aromatic heterocycles.